The summed E-state index contributed by atoms with van der Waals surface area (Å²) < 4.78 is 36.6. The second-order valence-electron chi connectivity index (χ2n) is 7.76. The number of guanidine groups is 1. The van der Waals surface area contributed by atoms with Crippen molar-refractivity contribution >= 4 is 28.3 Å². The first-order valence-corrected chi connectivity index (χ1v) is 11.5. The highest BCUT2D eigenvalue weighted by Crippen LogP contribution is 2.44. The molecular formula is C22H23N5O6S. The zero-order valence-corrected chi connectivity index (χ0v) is 19.3. The molecule has 1 fully saturated rings. The molecule has 0 amide bonds. The fourth-order valence-corrected chi connectivity index (χ4v) is 3.99. The van der Waals surface area contributed by atoms with Crippen molar-refractivity contribution < 1.29 is 27.0 Å². The molecule has 0 unspecified atom stereocenters. The summed E-state index contributed by atoms with van der Waals surface area (Å²) in [6.45, 7) is 3.13. The number of aryl methyl sites for hydroxylation is 1. The van der Waals surface area contributed by atoms with Gasteiger partial charge in [0.05, 0.1) is 12.2 Å². The standard InChI is InChI=1S/C22H23N5O6S/c1-15-9-18(31-14-22(7-8-22)13-26-27(21(24)25)32-16(2)28)11-19(10-15)33-34(29,30)20-6-4-3-5-17(20)12-23/h3-6,9-11,13H,7-8,14H2,1-2H3,(H3,24,25). The molecule has 178 valence electrons. The van der Waals surface area contributed by atoms with Crippen molar-refractivity contribution in [3.63, 3.8) is 0 Å². The van der Waals surface area contributed by atoms with Crippen LogP contribution in [0.1, 0.15) is 30.9 Å². The Morgan fingerprint density at radius 2 is 1.97 bits per heavy atom. The Kier molecular flexibility index (Phi) is 7.07. The van der Waals surface area contributed by atoms with Crippen LogP contribution in [0.2, 0.25) is 0 Å². The van der Waals surface area contributed by atoms with E-state index in [-0.39, 0.29) is 22.8 Å². The lowest BCUT2D eigenvalue weighted by Crippen LogP contribution is -2.34. The number of hydrogen-bond donors (Lipinski definition) is 2. The molecule has 1 saturated carbocycles. The summed E-state index contributed by atoms with van der Waals surface area (Å²) >= 11 is 0. The summed E-state index contributed by atoms with van der Waals surface area (Å²) in [6.07, 6.45) is 3.00. The first-order chi connectivity index (χ1) is 16.0. The van der Waals surface area contributed by atoms with Crippen LogP contribution < -0.4 is 14.7 Å². The van der Waals surface area contributed by atoms with Crippen molar-refractivity contribution in [2.24, 2.45) is 16.3 Å². The van der Waals surface area contributed by atoms with Crippen molar-refractivity contribution in [2.45, 2.75) is 31.6 Å². The number of nitrogens with two attached hydrogens (primary N) is 1. The van der Waals surface area contributed by atoms with E-state index >= 15 is 0 Å². The maximum Gasteiger partial charge on any atom is 0.340 e. The summed E-state index contributed by atoms with van der Waals surface area (Å²) in [6, 6.07) is 12.3. The number of rotatable bonds is 8. The van der Waals surface area contributed by atoms with Crippen molar-refractivity contribution in [3.8, 4) is 17.6 Å². The van der Waals surface area contributed by atoms with Crippen molar-refractivity contribution in [1.82, 2.24) is 5.17 Å². The molecule has 0 radical (unpaired) electrons. The van der Waals surface area contributed by atoms with Gasteiger partial charge < -0.3 is 19.5 Å². The van der Waals surface area contributed by atoms with E-state index in [1.54, 1.807) is 19.1 Å². The van der Waals surface area contributed by atoms with Crippen LogP contribution in [0, 0.1) is 29.1 Å². The predicted molar refractivity (Wildman–Crippen MR) is 121 cm³/mol. The van der Waals surface area contributed by atoms with Gasteiger partial charge in [-0.15, -0.1) is 5.10 Å². The second kappa shape index (κ2) is 9.80. The van der Waals surface area contributed by atoms with Crippen LogP contribution in [0.25, 0.3) is 0 Å². The topological polar surface area (TPSA) is 168 Å². The number of hydrogen-bond acceptors (Lipinski definition) is 9. The molecule has 0 aliphatic heterocycles. The number of hydrazone groups is 1. The number of nitrogens with one attached hydrogen (secondary N) is 1. The number of nitriles is 1. The van der Waals surface area contributed by atoms with E-state index < -0.39 is 27.5 Å². The maximum absolute atomic E-state index is 12.7. The van der Waals surface area contributed by atoms with Gasteiger partial charge in [0.25, 0.3) is 0 Å². The molecular weight excluding hydrogens is 462 g/mol. The van der Waals surface area contributed by atoms with Gasteiger partial charge in [-0.05, 0) is 49.6 Å². The molecule has 3 rings (SSSR count). The number of benzene rings is 2. The van der Waals surface area contributed by atoms with Crippen LogP contribution in [-0.2, 0) is 19.8 Å². The van der Waals surface area contributed by atoms with Crippen molar-refractivity contribution in [3.05, 3.63) is 53.6 Å². The number of nitrogens with zero attached hydrogens (tertiary/aromatic N) is 3. The van der Waals surface area contributed by atoms with E-state index in [1.165, 1.54) is 36.5 Å². The lowest BCUT2D eigenvalue weighted by atomic mass is 10.1. The SMILES string of the molecule is CC(=O)ON(N=CC1(COc2cc(C)cc(OS(=O)(=O)c3ccccc3C#N)c2)CC1)C(=N)N. The number of carbonyl (C=O) groups excluding carboxylic acids is 1. The van der Waals surface area contributed by atoms with E-state index in [2.05, 4.69) is 5.10 Å². The van der Waals surface area contributed by atoms with E-state index in [1.807, 2.05) is 6.07 Å². The van der Waals surface area contributed by atoms with Crippen LogP contribution in [-0.4, -0.2) is 38.3 Å². The molecule has 12 heteroatoms. The van der Waals surface area contributed by atoms with E-state index in [0.717, 1.165) is 19.8 Å². The average molecular weight is 486 g/mol. The summed E-state index contributed by atoms with van der Waals surface area (Å²) in [4.78, 5) is 15.6. The smallest absolute Gasteiger partial charge is 0.340 e. The fraction of sp³-hybridized carbons (Fsp3) is 0.273. The van der Waals surface area contributed by atoms with E-state index in [0.29, 0.717) is 16.5 Å². The lowest BCUT2D eigenvalue weighted by Gasteiger charge is -2.17. The first kappa shape index (κ1) is 24.5. The van der Waals surface area contributed by atoms with Crippen LogP contribution in [0.3, 0.4) is 0 Å². The summed E-state index contributed by atoms with van der Waals surface area (Å²) in [7, 11) is -4.24. The second-order valence-corrected chi connectivity index (χ2v) is 9.28. The highest BCUT2D eigenvalue weighted by molar-refractivity contribution is 7.87. The molecule has 0 saturated heterocycles. The normalized spacial score (nSPS) is 14.1. The Bertz CT molecular complexity index is 1280. The Morgan fingerprint density at radius 1 is 1.29 bits per heavy atom. The Morgan fingerprint density at radius 3 is 2.59 bits per heavy atom. The Balaban J connectivity index is 1.72. The molecule has 2 aromatic rings. The fourth-order valence-electron chi connectivity index (χ4n) is 2.92. The zero-order chi connectivity index (χ0) is 24.9. The molecule has 0 aromatic heterocycles. The first-order valence-electron chi connectivity index (χ1n) is 10.1. The molecule has 34 heavy (non-hydrogen) atoms. The van der Waals surface area contributed by atoms with Gasteiger partial charge in [0.15, 0.2) is 0 Å². The van der Waals surface area contributed by atoms with E-state index in [9.17, 15) is 18.5 Å². The summed E-state index contributed by atoms with van der Waals surface area (Å²) in [5, 5.41) is 21.2. The third-order valence-electron chi connectivity index (χ3n) is 4.78. The molecule has 0 spiro atoms. The summed E-state index contributed by atoms with van der Waals surface area (Å²) in [5.74, 6) is -0.809. The van der Waals surface area contributed by atoms with Crippen LogP contribution in [0.4, 0.5) is 0 Å². The minimum absolute atomic E-state index is 0.0186. The van der Waals surface area contributed by atoms with Crippen LogP contribution in [0.5, 0.6) is 11.5 Å². The molecule has 11 nitrogen and oxygen atoms in total. The number of ether oxygens (including phenoxy) is 1. The van der Waals surface area contributed by atoms with Gasteiger partial charge in [0.1, 0.15) is 22.5 Å². The lowest BCUT2D eigenvalue weighted by molar-refractivity contribution is -0.170. The molecule has 3 N–H and O–H groups in total. The largest absolute Gasteiger partial charge is 0.492 e. The maximum atomic E-state index is 12.7. The Labute approximate surface area is 196 Å². The monoisotopic (exact) mass is 485 g/mol. The number of carbonyl (C=O) groups is 1. The molecule has 0 atom stereocenters. The highest BCUT2D eigenvalue weighted by Gasteiger charge is 2.42. The van der Waals surface area contributed by atoms with Gasteiger partial charge in [-0.1, -0.05) is 17.3 Å². The van der Waals surface area contributed by atoms with Gasteiger partial charge in [-0.3, -0.25) is 5.41 Å². The molecule has 0 bridgehead atoms. The average Bonchev–Trinajstić information content (AvgIpc) is 3.54. The molecule has 1 aliphatic carbocycles. The quantitative estimate of drug-likeness (QED) is 0.247. The zero-order valence-electron chi connectivity index (χ0n) is 18.5. The van der Waals surface area contributed by atoms with Gasteiger partial charge >= 0.3 is 16.1 Å². The predicted octanol–water partition coefficient (Wildman–Crippen LogP) is 2.45. The molecule has 0 heterocycles. The Hall–Kier alpha value is -4.11. The minimum atomic E-state index is -4.24. The molecule has 1 aliphatic rings. The van der Waals surface area contributed by atoms with E-state index in [4.69, 9.17) is 24.9 Å². The van der Waals surface area contributed by atoms with Crippen LogP contribution >= 0.6 is 0 Å². The molecule has 2 aromatic carbocycles. The van der Waals surface area contributed by atoms with Crippen molar-refractivity contribution in [2.75, 3.05) is 6.61 Å². The number of hydroxylamine groups is 1. The van der Waals surface area contributed by atoms with Gasteiger partial charge in [-0.2, -0.15) is 13.7 Å². The van der Waals surface area contributed by atoms with Gasteiger partial charge in [-0.25, -0.2) is 4.79 Å². The third-order valence-corrected chi connectivity index (χ3v) is 6.09. The van der Waals surface area contributed by atoms with Crippen molar-refractivity contribution in [1.29, 1.82) is 10.7 Å². The van der Waals surface area contributed by atoms with Crippen LogP contribution in [0.15, 0.2) is 52.5 Å². The highest BCUT2D eigenvalue weighted by atomic mass is 32.2. The van der Waals surface area contributed by atoms with Gasteiger partial charge in [0.2, 0.25) is 5.96 Å². The minimum Gasteiger partial charge on any atom is -0.492 e. The third kappa shape index (κ3) is 6.23. The summed E-state index contributed by atoms with van der Waals surface area (Å²) in [5.41, 5.74) is 5.58. The van der Waals surface area contributed by atoms with Gasteiger partial charge in [0, 0.05) is 24.6 Å².